The molecule has 0 radical (unpaired) electrons. The number of halogens is 3. The zero-order valence-electron chi connectivity index (χ0n) is 20.7. The number of methoxy groups -OCH3 is 1. The Balaban J connectivity index is 0.00000235. The van der Waals surface area contributed by atoms with Crippen LogP contribution < -0.4 is 10.6 Å². The van der Waals surface area contributed by atoms with E-state index in [1.54, 1.807) is 0 Å². The molecule has 3 rings (SSSR count). The topological polar surface area (TPSA) is 124 Å². The Morgan fingerprint density at radius 3 is 2.38 bits per heavy atom. The second-order valence-electron chi connectivity index (χ2n) is 7.47. The molecule has 1 aliphatic heterocycles. The minimum Gasteiger partial charge on any atom is -0.466 e. The second kappa shape index (κ2) is 11.4. The normalized spacial score (nSPS) is 15.4. The zero-order chi connectivity index (χ0) is 28.1. The molecule has 8 nitrogen and oxygen atoms in total. The fraction of sp³-hybridized carbons (Fsp3) is 0.231. The first-order valence-electron chi connectivity index (χ1n) is 11.1. The van der Waals surface area contributed by atoms with Gasteiger partial charge in [-0.25, -0.2) is 9.59 Å². The predicted molar refractivity (Wildman–Crippen MR) is 133 cm³/mol. The third-order valence-corrected chi connectivity index (χ3v) is 5.50. The number of ether oxygens (including phenoxy) is 1. The third-order valence-electron chi connectivity index (χ3n) is 5.50. The van der Waals surface area contributed by atoms with Crippen LogP contribution in [0.15, 0.2) is 60.3 Å². The fourth-order valence-corrected chi connectivity index (χ4v) is 3.94. The van der Waals surface area contributed by atoms with E-state index in [0.717, 1.165) is 35.1 Å². The molecular weight excluding hydrogens is 487 g/mol. The highest BCUT2D eigenvalue weighted by atomic mass is 19.4. The number of alkyl halides is 3. The summed E-state index contributed by atoms with van der Waals surface area (Å²) in [5.74, 6) is -1.46. The van der Waals surface area contributed by atoms with Crippen molar-refractivity contribution in [2.75, 3.05) is 12.0 Å². The average Bonchev–Trinajstić information content (AvgIpc) is 2.88. The highest BCUT2D eigenvalue weighted by Gasteiger charge is 2.44. The summed E-state index contributed by atoms with van der Waals surface area (Å²) in [5.41, 5.74) is 5.42. The molecule has 0 saturated carbocycles. The van der Waals surface area contributed by atoms with Gasteiger partial charge >= 0.3 is 18.2 Å². The van der Waals surface area contributed by atoms with Crippen molar-refractivity contribution in [2.45, 2.75) is 33.0 Å². The lowest BCUT2D eigenvalue weighted by molar-refractivity contribution is -0.138. The van der Waals surface area contributed by atoms with Crippen molar-refractivity contribution < 1.29 is 27.5 Å². The molecule has 194 valence electrons. The van der Waals surface area contributed by atoms with E-state index >= 15 is 0 Å². The molecule has 0 bridgehead atoms. The Labute approximate surface area is 212 Å². The van der Waals surface area contributed by atoms with Crippen molar-refractivity contribution in [3.05, 3.63) is 82.6 Å². The number of nitrogens with one attached hydrogen (secondary N) is 1. The van der Waals surface area contributed by atoms with Crippen LogP contribution in [0.4, 0.5) is 23.7 Å². The molecule has 0 unspecified atom stereocenters. The molecule has 0 aromatic heterocycles. The summed E-state index contributed by atoms with van der Waals surface area (Å²) in [6.45, 7) is 9.13. The molecule has 3 N–H and O–H groups in total. The largest absolute Gasteiger partial charge is 0.466 e. The van der Waals surface area contributed by atoms with E-state index in [0.29, 0.717) is 11.1 Å². The van der Waals surface area contributed by atoms with Crippen molar-refractivity contribution >= 4 is 29.7 Å². The van der Waals surface area contributed by atoms with E-state index in [1.165, 1.54) is 37.3 Å². The van der Waals surface area contributed by atoms with Crippen molar-refractivity contribution in [3.8, 4) is 6.07 Å². The molecule has 2 aromatic carbocycles. The van der Waals surface area contributed by atoms with Gasteiger partial charge in [0.25, 0.3) is 0 Å². The molecule has 0 saturated heterocycles. The molecule has 0 aliphatic carbocycles. The maximum Gasteiger partial charge on any atom is 0.416 e. The number of benzene rings is 2. The number of esters is 1. The minimum absolute atomic E-state index is 0.0584. The quantitative estimate of drug-likeness (QED) is 0.518. The molecule has 37 heavy (non-hydrogen) atoms. The summed E-state index contributed by atoms with van der Waals surface area (Å²) in [4.78, 5) is 27.3. The Kier molecular flexibility index (Phi) is 8.85. The maximum atomic E-state index is 13.3. The van der Waals surface area contributed by atoms with Crippen LogP contribution in [-0.2, 0) is 15.7 Å². The summed E-state index contributed by atoms with van der Waals surface area (Å²) in [6.07, 6.45) is -3.26. The smallest absolute Gasteiger partial charge is 0.416 e. The van der Waals surface area contributed by atoms with Gasteiger partial charge in [0.1, 0.15) is 6.04 Å². The Morgan fingerprint density at radius 2 is 1.86 bits per heavy atom. The number of rotatable bonds is 4. The van der Waals surface area contributed by atoms with E-state index in [2.05, 4.69) is 6.58 Å². The van der Waals surface area contributed by atoms with Crippen molar-refractivity contribution in [2.24, 2.45) is 5.73 Å². The summed E-state index contributed by atoms with van der Waals surface area (Å²) >= 11 is 0. The lowest BCUT2D eigenvalue weighted by Gasteiger charge is -2.43. The van der Waals surface area contributed by atoms with Gasteiger partial charge in [-0.05, 0) is 48.4 Å². The zero-order valence-corrected chi connectivity index (χ0v) is 20.7. The minimum atomic E-state index is -4.66. The van der Waals surface area contributed by atoms with Crippen molar-refractivity contribution in [1.29, 1.82) is 10.7 Å². The molecule has 2 aromatic rings. The summed E-state index contributed by atoms with van der Waals surface area (Å²) in [6, 6.07) is 8.10. The fourth-order valence-electron chi connectivity index (χ4n) is 3.94. The first-order valence-corrected chi connectivity index (χ1v) is 11.1. The SMILES string of the molecule is C=Cc1cc(C#N)ccc1[C@@H]1C(C(=O)OC)=C(C)N(c2cccc(C(F)(F)F)c2)C(=N)N1C(N)=O.CC. The van der Waals surface area contributed by atoms with E-state index in [-0.39, 0.29) is 22.5 Å². The van der Waals surface area contributed by atoms with Gasteiger partial charge in [0.2, 0.25) is 5.96 Å². The van der Waals surface area contributed by atoms with Gasteiger partial charge in [-0.2, -0.15) is 18.4 Å². The number of guanidine groups is 1. The summed E-state index contributed by atoms with van der Waals surface area (Å²) in [5, 5.41) is 17.9. The van der Waals surface area contributed by atoms with Crippen molar-refractivity contribution in [1.82, 2.24) is 4.90 Å². The van der Waals surface area contributed by atoms with Crippen LogP contribution in [0.3, 0.4) is 0 Å². The molecule has 2 amide bonds. The van der Waals surface area contributed by atoms with Gasteiger partial charge in [0.05, 0.1) is 29.9 Å². The average molecular weight is 514 g/mol. The van der Waals surface area contributed by atoms with Crippen LogP contribution in [0.5, 0.6) is 0 Å². The predicted octanol–water partition coefficient (Wildman–Crippen LogP) is 5.57. The Morgan fingerprint density at radius 1 is 1.22 bits per heavy atom. The number of carbonyl (C=O) groups is 2. The third kappa shape index (κ3) is 5.48. The Bertz CT molecular complexity index is 1310. The molecule has 1 aliphatic rings. The van der Waals surface area contributed by atoms with E-state index in [4.69, 9.17) is 15.9 Å². The molecule has 1 heterocycles. The highest BCUT2D eigenvalue weighted by Crippen LogP contribution is 2.42. The number of primary amides is 1. The lowest BCUT2D eigenvalue weighted by Crippen LogP contribution is -2.55. The Hall–Kier alpha value is -4.59. The molecule has 11 heteroatoms. The lowest BCUT2D eigenvalue weighted by atomic mass is 9.89. The first-order chi connectivity index (χ1) is 17.5. The molecule has 0 fully saturated rings. The molecule has 1 atom stereocenters. The highest BCUT2D eigenvalue weighted by molar-refractivity contribution is 6.10. The molecule has 0 spiro atoms. The number of nitrogens with two attached hydrogens (primary N) is 1. The maximum absolute atomic E-state index is 13.3. The standard InChI is InChI=1S/C24H20F3N5O3.C2H6/c1-4-15-10-14(12-28)8-9-18(15)20-19(21(33)35-3)13(2)31(22(29)32(20)23(30)34)17-7-5-6-16(11-17)24(25,26)27;1-2/h4-11,20,29H,1H2,2-3H3,(H2,30,34);1-2H3/t20-;/m1./s1. The first kappa shape index (κ1) is 28.6. The van der Waals surface area contributed by atoms with Crippen LogP contribution >= 0.6 is 0 Å². The number of nitriles is 1. The van der Waals surface area contributed by atoms with E-state index < -0.39 is 35.7 Å². The van der Waals surface area contributed by atoms with Gasteiger partial charge in [-0.3, -0.25) is 15.2 Å². The number of hydrogen-bond acceptors (Lipinski definition) is 5. The van der Waals surface area contributed by atoms with Gasteiger partial charge < -0.3 is 10.5 Å². The van der Waals surface area contributed by atoms with Crippen LogP contribution in [0.1, 0.15) is 49.1 Å². The van der Waals surface area contributed by atoms with Crippen LogP contribution in [0.2, 0.25) is 0 Å². The van der Waals surface area contributed by atoms with E-state index in [1.807, 2.05) is 19.9 Å². The number of hydrogen-bond donors (Lipinski definition) is 2. The second-order valence-corrected chi connectivity index (χ2v) is 7.47. The number of allylic oxidation sites excluding steroid dienone is 1. The number of carbonyl (C=O) groups excluding carboxylic acids is 2. The van der Waals surface area contributed by atoms with Gasteiger partial charge in [-0.1, -0.05) is 38.6 Å². The van der Waals surface area contributed by atoms with Gasteiger partial charge in [0.15, 0.2) is 0 Å². The number of amides is 2. The monoisotopic (exact) mass is 513 g/mol. The molecular formula is C26H26F3N5O3. The van der Waals surface area contributed by atoms with Crippen molar-refractivity contribution in [3.63, 3.8) is 0 Å². The van der Waals surface area contributed by atoms with Crippen LogP contribution in [0.25, 0.3) is 6.08 Å². The van der Waals surface area contributed by atoms with E-state index in [9.17, 15) is 28.0 Å². The number of anilines is 1. The number of urea groups is 1. The number of nitrogens with zero attached hydrogens (tertiary/aromatic N) is 3. The van der Waals surface area contributed by atoms with Crippen LogP contribution in [0, 0.1) is 16.7 Å². The van der Waals surface area contributed by atoms with Gasteiger partial charge in [-0.15, -0.1) is 0 Å². The summed E-state index contributed by atoms with van der Waals surface area (Å²) < 4.78 is 45.0. The van der Waals surface area contributed by atoms with Crippen LogP contribution in [-0.4, -0.2) is 30.0 Å². The summed E-state index contributed by atoms with van der Waals surface area (Å²) in [7, 11) is 1.11. The van der Waals surface area contributed by atoms with Gasteiger partial charge in [0, 0.05) is 11.4 Å².